The van der Waals surface area contributed by atoms with Crippen molar-refractivity contribution in [1.29, 1.82) is 0 Å². The minimum absolute atomic E-state index is 0.488. The second-order valence-electron chi connectivity index (χ2n) is 6.87. The predicted octanol–water partition coefficient (Wildman–Crippen LogP) is 3.72. The highest BCUT2D eigenvalue weighted by molar-refractivity contribution is 5.89. The summed E-state index contributed by atoms with van der Waals surface area (Å²) in [6.45, 7) is 6.87. The minimum atomic E-state index is -0.824. The molecule has 0 unspecified atom stereocenters. The van der Waals surface area contributed by atoms with E-state index in [-0.39, 0.29) is 0 Å². The number of nitrogens with zero attached hydrogens (tertiary/aromatic N) is 3. The van der Waals surface area contributed by atoms with Crippen LogP contribution in [0.15, 0.2) is 54.9 Å². The van der Waals surface area contributed by atoms with Crippen LogP contribution >= 0.6 is 0 Å². The summed E-state index contributed by atoms with van der Waals surface area (Å²) in [5.41, 5.74) is 2.44. The Bertz CT molecular complexity index is 825. The summed E-state index contributed by atoms with van der Waals surface area (Å²) in [6.07, 6.45) is 1.59. The van der Waals surface area contributed by atoms with Gasteiger partial charge in [-0.2, -0.15) is 0 Å². The quantitative estimate of drug-likeness (QED) is 0.778. The Kier molecular flexibility index (Phi) is 4.49. The summed E-state index contributed by atoms with van der Waals surface area (Å²) in [6, 6.07) is 16.4. The molecule has 4 nitrogen and oxygen atoms in total. The third kappa shape index (κ3) is 3.89. The molecule has 1 heterocycles. The van der Waals surface area contributed by atoms with Crippen LogP contribution in [0.3, 0.4) is 0 Å². The van der Waals surface area contributed by atoms with Crippen LogP contribution < -0.4 is 4.90 Å². The van der Waals surface area contributed by atoms with Crippen LogP contribution in [0.1, 0.15) is 25.0 Å². The Morgan fingerprint density at radius 1 is 1.04 bits per heavy atom. The molecular formula is C20H23N3O. The van der Waals surface area contributed by atoms with E-state index in [1.807, 2.05) is 38.1 Å². The molecule has 0 saturated heterocycles. The smallest absolute Gasteiger partial charge is 0.140 e. The molecule has 0 fully saturated rings. The summed E-state index contributed by atoms with van der Waals surface area (Å²) in [4.78, 5) is 11.0. The van der Waals surface area contributed by atoms with E-state index in [1.165, 1.54) is 11.1 Å². The maximum atomic E-state index is 10.4. The van der Waals surface area contributed by atoms with Crippen molar-refractivity contribution < 1.29 is 5.11 Å². The van der Waals surface area contributed by atoms with Crippen LogP contribution in [0, 0.1) is 6.92 Å². The fourth-order valence-corrected chi connectivity index (χ4v) is 2.89. The molecule has 24 heavy (non-hydrogen) atoms. The van der Waals surface area contributed by atoms with Crippen molar-refractivity contribution in [3.63, 3.8) is 0 Å². The van der Waals surface area contributed by atoms with Gasteiger partial charge in [-0.15, -0.1) is 0 Å². The number of hydrogen-bond acceptors (Lipinski definition) is 4. The van der Waals surface area contributed by atoms with Gasteiger partial charge in [0.1, 0.15) is 12.1 Å². The van der Waals surface area contributed by atoms with Gasteiger partial charge in [-0.1, -0.05) is 42.0 Å². The molecule has 0 bridgehead atoms. The van der Waals surface area contributed by atoms with Crippen molar-refractivity contribution in [3.8, 4) is 0 Å². The van der Waals surface area contributed by atoms with E-state index in [0.717, 1.165) is 16.7 Å². The lowest BCUT2D eigenvalue weighted by molar-refractivity contribution is 0.0869. The SMILES string of the molecule is Cc1ccc2ncnc(N(Cc3ccccc3)CC(C)(C)O)c2c1. The first-order valence-electron chi connectivity index (χ1n) is 8.15. The molecule has 0 aliphatic carbocycles. The van der Waals surface area contributed by atoms with Gasteiger partial charge in [0.05, 0.1) is 11.1 Å². The second-order valence-corrected chi connectivity index (χ2v) is 6.87. The Labute approximate surface area is 142 Å². The Morgan fingerprint density at radius 2 is 1.79 bits per heavy atom. The Balaban J connectivity index is 2.06. The van der Waals surface area contributed by atoms with E-state index in [1.54, 1.807) is 6.33 Å². The number of hydrogen-bond donors (Lipinski definition) is 1. The summed E-state index contributed by atoms with van der Waals surface area (Å²) in [5.74, 6) is 0.856. The topological polar surface area (TPSA) is 49.2 Å². The van der Waals surface area contributed by atoms with Crippen LogP contribution in [0.4, 0.5) is 5.82 Å². The lowest BCUT2D eigenvalue weighted by Gasteiger charge is -2.30. The van der Waals surface area contributed by atoms with Gasteiger partial charge < -0.3 is 10.0 Å². The minimum Gasteiger partial charge on any atom is -0.389 e. The van der Waals surface area contributed by atoms with Crippen LogP contribution in [-0.2, 0) is 6.54 Å². The lowest BCUT2D eigenvalue weighted by Crippen LogP contribution is -2.39. The molecule has 0 aliphatic heterocycles. The molecule has 4 heteroatoms. The average Bonchev–Trinajstić information content (AvgIpc) is 2.53. The first kappa shape index (κ1) is 16.4. The number of fused-ring (bicyclic) bond motifs is 1. The molecule has 0 saturated carbocycles. The van der Waals surface area contributed by atoms with Gasteiger partial charge in [0, 0.05) is 18.5 Å². The van der Waals surface area contributed by atoms with Gasteiger partial charge in [0.15, 0.2) is 0 Å². The highest BCUT2D eigenvalue weighted by atomic mass is 16.3. The third-order valence-electron chi connectivity index (χ3n) is 3.86. The van der Waals surface area contributed by atoms with E-state index >= 15 is 0 Å². The monoisotopic (exact) mass is 321 g/mol. The summed E-state index contributed by atoms with van der Waals surface area (Å²) in [5, 5.41) is 11.4. The van der Waals surface area contributed by atoms with E-state index < -0.39 is 5.60 Å². The fourth-order valence-electron chi connectivity index (χ4n) is 2.89. The molecule has 2 aromatic carbocycles. The van der Waals surface area contributed by atoms with Crippen molar-refractivity contribution in [2.75, 3.05) is 11.4 Å². The van der Waals surface area contributed by atoms with E-state index in [4.69, 9.17) is 0 Å². The number of benzene rings is 2. The number of aromatic nitrogens is 2. The van der Waals surface area contributed by atoms with Crippen molar-refractivity contribution in [2.45, 2.75) is 32.9 Å². The van der Waals surface area contributed by atoms with Crippen molar-refractivity contribution in [2.24, 2.45) is 0 Å². The fraction of sp³-hybridized carbons (Fsp3) is 0.300. The number of rotatable bonds is 5. The molecule has 3 rings (SSSR count). The second kappa shape index (κ2) is 6.57. The standard InChI is InChI=1S/C20H23N3O/c1-15-9-10-18-17(11-15)19(22-14-21-18)23(13-20(2,3)24)12-16-7-5-4-6-8-16/h4-11,14,24H,12-13H2,1-3H3. The van der Waals surface area contributed by atoms with Crippen LogP contribution in [0.25, 0.3) is 10.9 Å². The molecule has 1 N–H and O–H groups in total. The molecule has 0 amide bonds. The largest absolute Gasteiger partial charge is 0.389 e. The summed E-state index contributed by atoms with van der Waals surface area (Å²) in [7, 11) is 0. The van der Waals surface area contributed by atoms with Gasteiger partial charge >= 0.3 is 0 Å². The van der Waals surface area contributed by atoms with Gasteiger partial charge in [-0.05, 0) is 38.5 Å². The molecular weight excluding hydrogens is 298 g/mol. The van der Waals surface area contributed by atoms with Crippen LogP contribution in [0.5, 0.6) is 0 Å². The number of aryl methyl sites for hydroxylation is 1. The molecule has 1 aromatic heterocycles. The lowest BCUT2D eigenvalue weighted by atomic mass is 10.1. The highest BCUT2D eigenvalue weighted by Gasteiger charge is 2.21. The van der Waals surface area contributed by atoms with Crippen LogP contribution in [-0.4, -0.2) is 27.2 Å². The third-order valence-corrected chi connectivity index (χ3v) is 3.86. The van der Waals surface area contributed by atoms with Crippen LogP contribution in [0.2, 0.25) is 0 Å². The van der Waals surface area contributed by atoms with Crippen molar-refractivity contribution in [3.05, 3.63) is 66.0 Å². The molecule has 124 valence electrons. The first-order valence-corrected chi connectivity index (χ1v) is 8.15. The van der Waals surface area contributed by atoms with E-state index in [9.17, 15) is 5.11 Å². The maximum Gasteiger partial charge on any atom is 0.140 e. The molecule has 3 aromatic rings. The van der Waals surface area contributed by atoms with Gasteiger partial charge in [-0.25, -0.2) is 9.97 Å². The summed E-state index contributed by atoms with van der Waals surface area (Å²) < 4.78 is 0. The van der Waals surface area contributed by atoms with Gasteiger partial charge in [0.25, 0.3) is 0 Å². The maximum absolute atomic E-state index is 10.4. The van der Waals surface area contributed by atoms with E-state index in [2.05, 4.69) is 46.1 Å². The molecule has 0 radical (unpaired) electrons. The first-order chi connectivity index (χ1) is 11.4. The van der Waals surface area contributed by atoms with E-state index in [0.29, 0.717) is 13.1 Å². The zero-order valence-corrected chi connectivity index (χ0v) is 14.4. The zero-order valence-electron chi connectivity index (χ0n) is 14.4. The number of aliphatic hydroxyl groups is 1. The zero-order chi connectivity index (χ0) is 17.2. The van der Waals surface area contributed by atoms with Crippen molar-refractivity contribution in [1.82, 2.24) is 9.97 Å². The molecule has 0 aliphatic rings. The summed E-state index contributed by atoms with van der Waals surface area (Å²) >= 11 is 0. The van der Waals surface area contributed by atoms with Gasteiger partial charge in [0.2, 0.25) is 0 Å². The molecule has 0 spiro atoms. The number of anilines is 1. The Morgan fingerprint density at radius 3 is 2.50 bits per heavy atom. The predicted molar refractivity (Wildman–Crippen MR) is 98.1 cm³/mol. The average molecular weight is 321 g/mol. The Hall–Kier alpha value is -2.46. The van der Waals surface area contributed by atoms with Crippen molar-refractivity contribution >= 4 is 16.7 Å². The highest BCUT2D eigenvalue weighted by Crippen LogP contribution is 2.26. The molecule has 0 atom stereocenters. The van der Waals surface area contributed by atoms with Gasteiger partial charge in [-0.3, -0.25) is 0 Å². The normalized spacial score (nSPS) is 11.7.